The Morgan fingerprint density at radius 2 is 2.04 bits per heavy atom. The van der Waals surface area contributed by atoms with Crippen LogP contribution in [0.3, 0.4) is 0 Å². The number of tetrazole rings is 1. The lowest BCUT2D eigenvalue weighted by Gasteiger charge is -2.13. The monoisotopic (exact) mass is 375 g/mol. The molecule has 1 aromatic carbocycles. The van der Waals surface area contributed by atoms with Crippen molar-refractivity contribution >= 4 is 0 Å². The van der Waals surface area contributed by atoms with Crippen LogP contribution >= 0.6 is 0 Å². The van der Waals surface area contributed by atoms with Gasteiger partial charge in [-0.15, -0.1) is 5.10 Å². The number of aromatic nitrogens is 9. The van der Waals surface area contributed by atoms with Crippen molar-refractivity contribution in [2.75, 3.05) is 0 Å². The SMILES string of the molecule is c1ccc(-c2nc(C3CCCCn4nnnc43)n(CCc3cnc[nH]3)n2)cc1. The molecular weight excluding hydrogens is 354 g/mol. The lowest BCUT2D eigenvalue weighted by Crippen LogP contribution is -2.16. The summed E-state index contributed by atoms with van der Waals surface area (Å²) >= 11 is 0. The number of fused-ring (bicyclic) bond motifs is 1. The third-order valence-electron chi connectivity index (χ3n) is 5.18. The molecule has 0 amide bonds. The van der Waals surface area contributed by atoms with E-state index in [2.05, 4.69) is 25.5 Å². The molecule has 4 heterocycles. The highest BCUT2D eigenvalue weighted by molar-refractivity contribution is 5.54. The van der Waals surface area contributed by atoms with Gasteiger partial charge in [0.05, 0.1) is 12.2 Å². The van der Waals surface area contributed by atoms with Gasteiger partial charge >= 0.3 is 0 Å². The first-order valence-electron chi connectivity index (χ1n) is 9.62. The van der Waals surface area contributed by atoms with Gasteiger partial charge in [-0.1, -0.05) is 36.8 Å². The number of aromatic amines is 1. The maximum atomic E-state index is 4.94. The second-order valence-electron chi connectivity index (χ2n) is 7.02. The number of H-pyrrole nitrogens is 1. The Morgan fingerprint density at radius 1 is 1.11 bits per heavy atom. The number of benzene rings is 1. The summed E-state index contributed by atoms with van der Waals surface area (Å²) in [5.41, 5.74) is 2.09. The molecule has 3 aromatic heterocycles. The second kappa shape index (κ2) is 7.34. The minimum absolute atomic E-state index is 0.0456. The normalized spacial score (nSPS) is 16.6. The van der Waals surface area contributed by atoms with E-state index in [1.165, 1.54) is 0 Å². The molecule has 0 saturated heterocycles. The molecule has 1 atom stereocenters. The van der Waals surface area contributed by atoms with E-state index < -0.39 is 0 Å². The zero-order valence-electron chi connectivity index (χ0n) is 15.4. The van der Waals surface area contributed by atoms with Gasteiger partial charge < -0.3 is 4.98 Å². The van der Waals surface area contributed by atoms with Crippen molar-refractivity contribution in [1.29, 1.82) is 0 Å². The van der Waals surface area contributed by atoms with Gasteiger partial charge in [0.25, 0.3) is 0 Å². The molecule has 0 spiro atoms. The van der Waals surface area contributed by atoms with Crippen LogP contribution in [0, 0.1) is 0 Å². The molecule has 142 valence electrons. The molecule has 0 aliphatic carbocycles. The Bertz CT molecular complexity index is 1030. The average Bonchev–Trinajstić information content (AvgIpc) is 3.47. The minimum atomic E-state index is 0.0456. The van der Waals surface area contributed by atoms with E-state index >= 15 is 0 Å². The van der Waals surface area contributed by atoms with Crippen molar-refractivity contribution in [2.24, 2.45) is 0 Å². The van der Waals surface area contributed by atoms with Crippen LogP contribution in [0.4, 0.5) is 0 Å². The zero-order chi connectivity index (χ0) is 18.8. The van der Waals surface area contributed by atoms with Crippen LogP contribution in [0.1, 0.15) is 42.5 Å². The molecule has 9 heteroatoms. The molecule has 1 N–H and O–H groups in total. The molecule has 0 bridgehead atoms. The highest BCUT2D eigenvalue weighted by Gasteiger charge is 2.29. The summed E-state index contributed by atoms with van der Waals surface area (Å²) in [6.45, 7) is 1.57. The van der Waals surface area contributed by atoms with E-state index in [4.69, 9.17) is 10.1 Å². The number of aryl methyl sites for hydroxylation is 3. The minimum Gasteiger partial charge on any atom is -0.348 e. The topological polar surface area (TPSA) is 103 Å². The summed E-state index contributed by atoms with van der Waals surface area (Å²) < 4.78 is 3.92. The number of hydrogen-bond donors (Lipinski definition) is 1. The summed E-state index contributed by atoms with van der Waals surface area (Å²) in [6, 6.07) is 10.1. The van der Waals surface area contributed by atoms with E-state index in [1.807, 2.05) is 45.9 Å². The van der Waals surface area contributed by atoms with Crippen molar-refractivity contribution in [2.45, 2.75) is 44.7 Å². The van der Waals surface area contributed by atoms with Crippen LogP contribution in [0.2, 0.25) is 0 Å². The number of rotatable bonds is 5. The van der Waals surface area contributed by atoms with Gasteiger partial charge in [0.2, 0.25) is 0 Å². The third kappa shape index (κ3) is 3.19. The van der Waals surface area contributed by atoms with Crippen LogP contribution < -0.4 is 0 Å². The van der Waals surface area contributed by atoms with Gasteiger partial charge in [0.1, 0.15) is 5.82 Å². The molecule has 1 aliphatic heterocycles. The lowest BCUT2D eigenvalue weighted by atomic mass is 10.0. The van der Waals surface area contributed by atoms with Crippen molar-refractivity contribution in [3.63, 3.8) is 0 Å². The Balaban J connectivity index is 1.54. The molecule has 5 rings (SSSR count). The number of nitrogens with one attached hydrogen (secondary N) is 1. The molecule has 1 aliphatic rings. The molecule has 28 heavy (non-hydrogen) atoms. The second-order valence-corrected chi connectivity index (χ2v) is 7.02. The van der Waals surface area contributed by atoms with Crippen molar-refractivity contribution in [3.05, 3.63) is 60.2 Å². The maximum Gasteiger partial charge on any atom is 0.181 e. The smallest absolute Gasteiger partial charge is 0.181 e. The number of imidazole rings is 1. The highest BCUT2D eigenvalue weighted by Crippen LogP contribution is 2.31. The molecule has 1 unspecified atom stereocenters. The Kier molecular flexibility index (Phi) is 4.40. The summed E-state index contributed by atoms with van der Waals surface area (Å²) in [5, 5.41) is 17.2. The van der Waals surface area contributed by atoms with Crippen LogP contribution in [0.15, 0.2) is 42.9 Å². The largest absolute Gasteiger partial charge is 0.348 e. The van der Waals surface area contributed by atoms with E-state index in [9.17, 15) is 0 Å². The fraction of sp³-hybridized carbons (Fsp3) is 0.368. The molecule has 0 saturated carbocycles. The van der Waals surface area contributed by atoms with Gasteiger partial charge in [-0.25, -0.2) is 19.3 Å². The zero-order valence-corrected chi connectivity index (χ0v) is 15.4. The van der Waals surface area contributed by atoms with Gasteiger partial charge in [0, 0.05) is 37.0 Å². The maximum absolute atomic E-state index is 4.94. The summed E-state index contributed by atoms with van der Waals surface area (Å²) in [6.07, 6.45) is 7.50. The number of nitrogens with zero attached hydrogens (tertiary/aromatic N) is 8. The quantitative estimate of drug-likeness (QED) is 0.574. The van der Waals surface area contributed by atoms with Crippen LogP contribution in [-0.4, -0.2) is 44.9 Å². The van der Waals surface area contributed by atoms with Crippen molar-refractivity contribution < 1.29 is 0 Å². The Hall–Kier alpha value is -3.36. The first-order chi connectivity index (χ1) is 13.9. The van der Waals surface area contributed by atoms with Crippen LogP contribution in [0.25, 0.3) is 11.4 Å². The van der Waals surface area contributed by atoms with E-state index in [0.29, 0.717) is 0 Å². The Labute approximate surface area is 161 Å². The van der Waals surface area contributed by atoms with Crippen LogP contribution in [0.5, 0.6) is 0 Å². The van der Waals surface area contributed by atoms with E-state index in [0.717, 1.165) is 67.5 Å². The van der Waals surface area contributed by atoms with Crippen LogP contribution in [-0.2, 0) is 19.5 Å². The number of hydrogen-bond acceptors (Lipinski definition) is 6. The highest BCUT2D eigenvalue weighted by atomic mass is 15.5. The standard InChI is InChI=1S/C19H21N9/c1-2-6-14(7-3-1)17-22-18(27(24-17)11-9-15-12-20-13-21-15)16-8-4-5-10-28-19(16)23-25-26-28/h1-3,6-7,12-13,16H,4-5,8-11H2,(H,20,21). The van der Waals surface area contributed by atoms with Gasteiger partial charge in [-0.3, -0.25) is 0 Å². The van der Waals surface area contributed by atoms with Crippen molar-refractivity contribution in [1.82, 2.24) is 44.9 Å². The summed E-state index contributed by atoms with van der Waals surface area (Å²) in [7, 11) is 0. The fourth-order valence-corrected chi connectivity index (χ4v) is 3.74. The molecule has 4 aromatic rings. The predicted octanol–water partition coefficient (Wildman–Crippen LogP) is 2.21. The average molecular weight is 375 g/mol. The molecule has 0 radical (unpaired) electrons. The van der Waals surface area contributed by atoms with E-state index in [1.54, 1.807) is 6.33 Å². The van der Waals surface area contributed by atoms with Gasteiger partial charge in [0.15, 0.2) is 11.6 Å². The predicted molar refractivity (Wildman–Crippen MR) is 101 cm³/mol. The summed E-state index contributed by atoms with van der Waals surface area (Å²) in [4.78, 5) is 12.2. The first-order valence-corrected chi connectivity index (χ1v) is 9.62. The van der Waals surface area contributed by atoms with Gasteiger partial charge in [-0.05, 0) is 23.3 Å². The molecule has 9 nitrogen and oxygen atoms in total. The van der Waals surface area contributed by atoms with E-state index in [-0.39, 0.29) is 5.92 Å². The fourth-order valence-electron chi connectivity index (χ4n) is 3.74. The molecule has 0 fully saturated rings. The van der Waals surface area contributed by atoms with Gasteiger partial charge in [-0.2, -0.15) is 5.10 Å². The van der Waals surface area contributed by atoms with Crippen molar-refractivity contribution in [3.8, 4) is 11.4 Å². The lowest BCUT2D eigenvalue weighted by molar-refractivity contribution is 0.526. The Morgan fingerprint density at radius 3 is 2.89 bits per heavy atom. The molecular formula is C19H21N9. The summed E-state index contributed by atoms with van der Waals surface area (Å²) in [5.74, 6) is 2.59. The first kappa shape index (κ1) is 16.8. The third-order valence-corrected chi connectivity index (χ3v) is 5.18.